The first-order valence-corrected chi connectivity index (χ1v) is 10.4. The number of ether oxygens (including phenoxy) is 1. The summed E-state index contributed by atoms with van der Waals surface area (Å²) >= 11 is 0. The topological polar surface area (TPSA) is 85.2 Å². The highest BCUT2D eigenvalue weighted by Gasteiger charge is 2.18. The van der Waals surface area contributed by atoms with Gasteiger partial charge in [-0.15, -0.1) is 0 Å². The molecule has 1 aliphatic rings. The zero-order valence-electron chi connectivity index (χ0n) is 16.6. The van der Waals surface area contributed by atoms with Gasteiger partial charge in [-0.2, -0.15) is 0 Å². The Hall–Kier alpha value is -3.41. The van der Waals surface area contributed by atoms with Gasteiger partial charge in [0.15, 0.2) is 0 Å². The summed E-state index contributed by atoms with van der Waals surface area (Å²) in [4.78, 5) is 31.7. The Morgan fingerprint density at radius 1 is 1.10 bits per heavy atom. The zero-order chi connectivity index (χ0) is 20.5. The molecule has 152 valence electrons. The lowest BCUT2D eigenvalue weighted by atomic mass is 9.96. The number of fused-ring (bicyclic) bond motifs is 4. The molecule has 0 fully saturated rings. The van der Waals surface area contributed by atoms with Crippen molar-refractivity contribution in [1.82, 2.24) is 9.97 Å². The average molecular weight is 402 g/mol. The summed E-state index contributed by atoms with van der Waals surface area (Å²) < 4.78 is 11.5. The molecule has 0 radical (unpaired) electrons. The molecular formula is C24H22N2O4. The lowest BCUT2D eigenvalue weighted by molar-refractivity contribution is -0.134. The third kappa shape index (κ3) is 3.61. The van der Waals surface area contributed by atoms with Crippen LogP contribution in [0.15, 0.2) is 51.7 Å². The van der Waals surface area contributed by atoms with Crippen LogP contribution in [-0.2, 0) is 24.1 Å². The molecule has 2 aromatic heterocycles. The molecule has 1 aliphatic carbocycles. The third-order valence-corrected chi connectivity index (χ3v) is 5.61. The molecule has 5 rings (SSSR count). The van der Waals surface area contributed by atoms with Crippen LogP contribution in [0.1, 0.15) is 42.8 Å². The summed E-state index contributed by atoms with van der Waals surface area (Å²) in [5.74, 6) is 1.89. The maximum Gasteiger partial charge on any atom is 0.311 e. The van der Waals surface area contributed by atoms with Gasteiger partial charge in [-0.25, -0.2) is 4.98 Å². The molecule has 2 heterocycles. The average Bonchev–Trinajstić information content (AvgIpc) is 3.12. The molecule has 6 heteroatoms. The van der Waals surface area contributed by atoms with Gasteiger partial charge in [0.05, 0.1) is 10.9 Å². The Balaban J connectivity index is 1.23. The van der Waals surface area contributed by atoms with Gasteiger partial charge < -0.3 is 14.1 Å². The van der Waals surface area contributed by atoms with Crippen LogP contribution in [0.4, 0.5) is 0 Å². The minimum absolute atomic E-state index is 0.157. The van der Waals surface area contributed by atoms with E-state index in [1.807, 2.05) is 30.3 Å². The fourth-order valence-corrected chi connectivity index (χ4v) is 4.14. The minimum Gasteiger partial charge on any atom is -0.461 e. The number of nitrogens with one attached hydrogen (secondary N) is 1. The first-order chi connectivity index (χ1) is 14.7. The van der Waals surface area contributed by atoms with E-state index in [0.717, 1.165) is 42.4 Å². The van der Waals surface area contributed by atoms with Crippen LogP contribution < -0.4 is 10.3 Å². The van der Waals surface area contributed by atoms with Crippen LogP contribution in [0.25, 0.3) is 21.9 Å². The maximum atomic E-state index is 12.3. The van der Waals surface area contributed by atoms with E-state index >= 15 is 0 Å². The van der Waals surface area contributed by atoms with Gasteiger partial charge in [-0.1, -0.05) is 12.1 Å². The van der Waals surface area contributed by atoms with E-state index in [9.17, 15) is 9.59 Å². The number of hydrogen-bond acceptors (Lipinski definition) is 5. The fraction of sp³-hybridized carbons (Fsp3) is 0.292. The molecule has 6 nitrogen and oxygen atoms in total. The van der Waals surface area contributed by atoms with Crippen LogP contribution in [0, 0.1) is 0 Å². The van der Waals surface area contributed by atoms with E-state index in [1.54, 1.807) is 12.1 Å². The fourth-order valence-electron chi connectivity index (χ4n) is 4.14. The van der Waals surface area contributed by atoms with Crippen molar-refractivity contribution in [3.63, 3.8) is 0 Å². The zero-order valence-corrected chi connectivity index (χ0v) is 16.6. The van der Waals surface area contributed by atoms with E-state index in [0.29, 0.717) is 35.3 Å². The number of rotatable bonds is 5. The van der Waals surface area contributed by atoms with Crippen molar-refractivity contribution in [2.75, 3.05) is 0 Å². The Labute approximate surface area is 172 Å². The van der Waals surface area contributed by atoms with Crippen LogP contribution in [0.3, 0.4) is 0 Å². The Kier molecular flexibility index (Phi) is 4.83. The molecule has 0 saturated carbocycles. The van der Waals surface area contributed by atoms with Crippen molar-refractivity contribution >= 4 is 27.8 Å². The van der Waals surface area contributed by atoms with Crippen molar-refractivity contribution in [3.8, 4) is 5.75 Å². The number of furan rings is 1. The van der Waals surface area contributed by atoms with Crippen LogP contribution >= 0.6 is 0 Å². The molecule has 4 aromatic rings. The Morgan fingerprint density at radius 2 is 1.97 bits per heavy atom. The second kappa shape index (κ2) is 7.78. The molecule has 0 unspecified atom stereocenters. The largest absolute Gasteiger partial charge is 0.461 e. The molecule has 1 N–H and O–H groups in total. The first-order valence-electron chi connectivity index (χ1n) is 10.4. The summed E-state index contributed by atoms with van der Waals surface area (Å²) in [7, 11) is 0. The molecule has 0 amide bonds. The molecule has 0 atom stereocenters. The summed E-state index contributed by atoms with van der Waals surface area (Å²) in [6.45, 7) is 0. The van der Waals surface area contributed by atoms with Gasteiger partial charge in [0.2, 0.25) is 0 Å². The molecule has 0 bridgehead atoms. The summed E-state index contributed by atoms with van der Waals surface area (Å²) in [6.07, 6.45) is 5.61. The number of esters is 1. The van der Waals surface area contributed by atoms with Crippen LogP contribution in [-0.4, -0.2) is 15.9 Å². The summed E-state index contributed by atoms with van der Waals surface area (Å²) in [6, 6.07) is 12.8. The number of para-hydroxylation sites is 1. The standard InChI is InChI=1S/C24H22N2O4/c27-23(11-5-10-22-25-19-8-3-1-7-17(19)24(28)26-22)29-15-12-13-21-18(14-15)16-6-2-4-9-20(16)30-21/h1,3,7-8,12-14H,2,4-6,9-11H2,(H,25,26,28). The third-order valence-electron chi connectivity index (χ3n) is 5.61. The predicted octanol–water partition coefficient (Wildman–Crippen LogP) is 4.48. The van der Waals surface area contributed by atoms with Crippen molar-refractivity contribution in [2.24, 2.45) is 0 Å². The molecule has 0 aliphatic heterocycles. The predicted molar refractivity (Wildman–Crippen MR) is 114 cm³/mol. The second-order valence-corrected chi connectivity index (χ2v) is 7.73. The quantitative estimate of drug-likeness (QED) is 0.393. The number of aromatic amines is 1. The van der Waals surface area contributed by atoms with E-state index in [4.69, 9.17) is 9.15 Å². The minimum atomic E-state index is -0.296. The highest BCUT2D eigenvalue weighted by atomic mass is 16.5. The monoisotopic (exact) mass is 402 g/mol. The highest BCUT2D eigenvalue weighted by Crippen LogP contribution is 2.34. The van der Waals surface area contributed by atoms with Gasteiger partial charge in [0.25, 0.3) is 5.56 Å². The number of aryl methyl sites for hydroxylation is 3. The Bertz CT molecular complexity index is 1300. The van der Waals surface area contributed by atoms with Crippen molar-refractivity contribution < 1.29 is 13.9 Å². The van der Waals surface area contributed by atoms with Gasteiger partial charge in [0.1, 0.15) is 22.9 Å². The van der Waals surface area contributed by atoms with Crippen molar-refractivity contribution in [2.45, 2.75) is 44.9 Å². The number of benzene rings is 2. The van der Waals surface area contributed by atoms with Gasteiger partial charge in [-0.3, -0.25) is 9.59 Å². The lowest BCUT2D eigenvalue weighted by Gasteiger charge is -2.09. The molecule has 0 saturated heterocycles. The van der Waals surface area contributed by atoms with Gasteiger partial charge in [0, 0.05) is 30.2 Å². The van der Waals surface area contributed by atoms with E-state index < -0.39 is 0 Å². The van der Waals surface area contributed by atoms with Crippen LogP contribution in [0.5, 0.6) is 5.75 Å². The number of hydrogen-bond donors (Lipinski definition) is 1. The maximum absolute atomic E-state index is 12.3. The number of aromatic nitrogens is 2. The van der Waals surface area contributed by atoms with Crippen LogP contribution in [0.2, 0.25) is 0 Å². The first kappa shape index (κ1) is 18.6. The van der Waals surface area contributed by atoms with Crippen molar-refractivity contribution in [3.05, 3.63) is 70.0 Å². The summed E-state index contributed by atoms with van der Waals surface area (Å²) in [5, 5.41) is 1.62. The van der Waals surface area contributed by atoms with Gasteiger partial charge >= 0.3 is 5.97 Å². The summed E-state index contributed by atoms with van der Waals surface area (Å²) in [5.41, 5.74) is 2.61. The highest BCUT2D eigenvalue weighted by molar-refractivity contribution is 5.85. The number of H-pyrrole nitrogens is 1. The number of carbonyl (C=O) groups is 1. The van der Waals surface area contributed by atoms with E-state index in [2.05, 4.69) is 9.97 Å². The Morgan fingerprint density at radius 3 is 2.90 bits per heavy atom. The molecule has 30 heavy (non-hydrogen) atoms. The molecule has 2 aromatic carbocycles. The smallest absolute Gasteiger partial charge is 0.311 e. The van der Waals surface area contributed by atoms with Gasteiger partial charge in [-0.05, 0) is 56.0 Å². The van der Waals surface area contributed by atoms with Crippen molar-refractivity contribution in [1.29, 1.82) is 0 Å². The van der Waals surface area contributed by atoms with E-state index in [-0.39, 0.29) is 17.9 Å². The van der Waals surface area contributed by atoms with E-state index in [1.165, 1.54) is 5.56 Å². The second-order valence-electron chi connectivity index (χ2n) is 7.73. The molecule has 0 spiro atoms. The normalized spacial score (nSPS) is 13.5. The number of nitrogens with zero attached hydrogens (tertiary/aromatic N) is 1. The SMILES string of the molecule is O=C(CCCc1nc2ccccc2c(=O)[nH]1)Oc1ccc2oc3c(c2c1)CCCC3. The lowest BCUT2D eigenvalue weighted by Crippen LogP contribution is -2.13. The molecular weight excluding hydrogens is 380 g/mol. The number of carbonyl (C=O) groups excluding carboxylic acids is 1.